The number of hydrogen-bond donors (Lipinski definition) is 0. The fourth-order valence-corrected chi connectivity index (χ4v) is 0.635. The van der Waals surface area contributed by atoms with Gasteiger partial charge in [0.05, 0.1) is 13.2 Å². The van der Waals surface area contributed by atoms with Gasteiger partial charge in [0, 0.05) is 13.2 Å². The predicted molar refractivity (Wildman–Crippen MR) is 42.2 cm³/mol. The summed E-state index contributed by atoms with van der Waals surface area (Å²) in [5.74, 6) is -0.347. The Morgan fingerprint density at radius 3 is 2.55 bits per heavy atom. The Hall–Kier alpha value is -0.830. The zero-order valence-electron chi connectivity index (χ0n) is 7.16. The molecule has 0 aromatic rings. The lowest BCUT2D eigenvalue weighted by Gasteiger charge is -2.05. The molecule has 0 aliphatic heterocycles. The maximum Gasteiger partial charge on any atom is 0.330 e. The highest BCUT2D eigenvalue weighted by Gasteiger charge is 1.98. The van der Waals surface area contributed by atoms with Crippen LogP contribution in [0.15, 0.2) is 12.2 Å². The van der Waals surface area contributed by atoms with Crippen molar-refractivity contribution in [2.75, 3.05) is 14.2 Å². The van der Waals surface area contributed by atoms with E-state index in [1.165, 1.54) is 13.2 Å². The number of carbonyl (C=O) groups is 1. The molecule has 0 radical (unpaired) electrons. The van der Waals surface area contributed by atoms with Crippen LogP contribution in [0.1, 0.15) is 13.3 Å². The number of rotatable bonds is 4. The first-order valence-electron chi connectivity index (χ1n) is 3.53. The largest absolute Gasteiger partial charge is 0.466 e. The molecule has 0 rings (SSSR count). The van der Waals surface area contributed by atoms with Gasteiger partial charge in [0.1, 0.15) is 0 Å². The van der Waals surface area contributed by atoms with E-state index < -0.39 is 0 Å². The van der Waals surface area contributed by atoms with Gasteiger partial charge in [-0.2, -0.15) is 0 Å². The molecular weight excluding hydrogens is 144 g/mol. The van der Waals surface area contributed by atoms with Gasteiger partial charge in [-0.15, -0.1) is 0 Å². The molecular formula is C8H14O3. The standard InChI is InChI=1S/C8H14O3/c1-4-7(10-2)5-6-8(9)11-3/h5-7H,4H2,1-3H3/b6-5+. The summed E-state index contributed by atoms with van der Waals surface area (Å²) in [6, 6.07) is 0. The van der Waals surface area contributed by atoms with Crippen molar-refractivity contribution in [2.24, 2.45) is 0 Å². The first-order valence-corrected chi connectivity index (χ1v) is 3.53. The molecule has 0 aromatic carbocycles. The molecule has 0 saturated heterocycles. The summed E-state index contributed by atoms with van der Waals surface area (Å²) in [6.07, 6.45) is 3.92. The summed E-state index contributed by atoms with van der Waals surface area (Å²) in [5, 5.41) is 0. The Morgan fingerprint density at radius 1 is 1.55 bits per heavy atom. The zero-order chi connectivity index (χ0) is 8.69. The molecule has 0 saturated carbocycles. The molecule has 3 nitrogen and oxygen atoms in total. The van der Waals surface area contributed by atoms with E-state index in [0.29, 0.717) is 0 Å². The van der Waals surface area contributed by atoms with Crippen molar-refractivity contribution in [1.29, 1.82) is 0 Å². The third-order valence-corrected chi connectivity index (χ3v) is 1.35. The third-order valence-electron chi connectivity index (χ3n) is 1.35. The Morgan fingerprint density at radius 2 is 2.18 bits per heavy atom. The molecule has 0 spiro atoms. The van der Waals surface area contributed by atoms with E-state index in [0.717, 1.165) is 6.42 Å². The van der Waals surface area contributed by atoms with Gasteiger partial charge >= 0.3 is 5.97 Å². The lowest BCUT2D eigenvalue weighted by Crippen LogP contribution is -2.05. The SMILES string of the molecule is CCC(/C=C/C(=O)OC)OC. The highest BCUT2D eigenvalue weighted by atomic mass is 16.5. The van der Waals surface area contributed by atoms with Gasteiger partial charge in [-0.25, -0.2) is 4.79 Å². The summed E-state index contributed by atoms with van der Waals surface area (Å²) in [5.41, 5.74) is 0. The maximum atomic E-state index is 10.6. The Kier molecular flexibility index (Phi) is 5.47. The lowest BCUT2D eigenvalue weighted by molar-refractivity contribution is -0.134. The van der Waals surface area contributed by atoms with Gasteiger partial charge in [0.2, 0.25) is 0 Å². The first kappa shape index (κ1) is 10.2. The average Bonchev–Trinajstić information content (AvgIpc) is 2.06. The van der Waals surface area contributed by atoms with Crippen molar-refractivity contribution in [3.8, 4) is 0 Å². The second-order valence-corrected chi connectivity index (χ2v) is 2.06. The van der Waals surface area contributed by atoms with Crippen LogP contribution in [-0.2, 0) is 14.3 Å². The molecule has 0 aliphatic carbocycles. The van der Waals surface area contributed by atoms with Crippen molar-refractivity contribution in [1.82, 2.24) is 0 Å². The van der Waals surface area contributed by atoms with Crippen molar-refractivity contribution in [3.05, 3.63) is 12.2 Å². The summed E-state index contributed by atoms with van der Waals surface area (Å²) in [7, 11) is 2.95. The van der Waals surface area contributed by atoms with Gasteiger partial charge in [-0.05, 0) is 12.5 Å². The van der Waals surface area contributed by atoms with Crippen LogP contribution in [0.3, 0.4) is 0 Å². The molecule has 0 aliphatic rings. The molecule has 3 heteroatoms. The average molecular weight is 158 g/mol. The normalized spacial score (nSPS) is 13.4. The van der Waals surface area contributed by atoms with E-state index in [1.54, 1.807) is 13.2 Å². The molecule has 0 aromatic heterocycles. The van der Waals surface area contributed by atoms with E-state index >= 15 is 0 Å². The Bertz CT molecular complexity index is 136. The Labute approximate surface area is 67.0 Å². The summed E-state index contributed by atoms with van der Waals surface area (Å²) >= 11 is 0. The molecule has 1 atom stereocenters. The van der Waals surface area contributed by atoms with E-state index in [-0.39, 0.29) is 12.1 Å². The van der Waals surface area contributed by atoms with Crippen molar-refractivity contribution in [3.63, 3.8) is 0 Å². The van der Waals surface area contributed by atoms with Crippen LogP contribution in [0.4, 0.5) is 0 Å². The van der Waals surface area contributed by atoms with E-state index in [2.05, 4.69) is 4.74 Å². The molecule has 0 fully saturated rings. The molecule has 11 heavy (non-hydrogen) atoms. The Balaban J connectivity index is 3.78. The summed E-state index contributed by atoms with van der Waals surface area (Å²) < 4.78 is 9.41. The maximum absolute atomic E-state index is 10.6. The molecule has 1 unspecified atom stereocenters. The van der Waals surface area contributed by atoms with Crippen LogP contribution in [0.25, 0.3) is 0 Å². The number of carbonyl (C=O) groups excluding carboxylic acids is 1. The molecule has 0 amide bonds. The van der Waals surface area contributed by atoms with Gasteiger partial charge in [0.25, 0.3) is 0 Å². The van der Waals surface area contributed by atoms with Crippen LogP contribution >= 0.6 is 0 Å². The van der Waals surface area contributed by atoms with Gasteiger partial charge in [0.15, 0.2) is 0 Å². The zero-order valence-corrected chi connectivity index (χ0v) is 7.16. The topological polar surface area (TPSA) is 35.5 Å². The van der Waals surface area contributed by atoms with Crippen molar-refractivity contribution >= 4 is 5.97 Å². The number of methoxy groups -OCH3 is 2. The second kappa shape index (κ2) is 5.92. The van der Waals surface area contributed by atoms with Crippen LogP contribution in [-0.4, -0.2) is 26.3 Å². The van der Waals surface area contributed by atoms with Crippen LogP contribution < -0.4 is 0 Å². The van der Waals surface area contributed by atoms with Crippen molar-refractivity contribution in [2.45, 2.75) is 19.4 Å². The lowest BCUT2D eigenvalue weighted by atomic mass is 10.2. The van der Waals surface area contributed by atoms with Gasteiger partial charge in [-0.1, -0.05) is 6.92 Å². The van der Waals surface area contributed by atoms with E-state index in [4.69, 9.17) is 4.74 Å². The smallest absolute Gasteiger partial charge is 0.330 e. The molecule has 0 N–H and O–H groups in total. The predicted octanol–water partition coefficient (Wildman–Crippen LogP) is 1.14. The fraction of sp³-hybridized carbons (Fsp3) is 0.625. The van der Waals surface area contributed by atoms with E-state index in [9.17, 15) is 4.79 Å². The quantitative estimate of drug-likeness (QED) is 0.454. The van der Waals surface area contributed by atoms with Crippen LogP contribution in [0.2, 0.25) is 0 Å². The van der Waals surface area contributed by atoms with Crippen LogP contribution in [0.5, 0.6) is 0 Å². The van der Waals surface area contributed by atoms with Gasteiger partial charge < -0.3 is 9.47 Å². The number of ether oxygens (including phenoxy) is 2. The monoisotopic (exact) mass is 158 g/mol. The number of esters is 1. The number of hydrogen-bond acceptors (Lipinski definition) is 3. The molecule has 0 bridgehead atoms. The molecule has 0 heterocycles. The van der Waals surface area contributed by atoms with Gasteiger partial charge in [-0.3, -0.25) is 0 Å². The third kappa shape index (κ3) is 4.56. The minimum atomic E-state index is -0.347. The highest BCUT2D eigenvalue weighted by molar-refractivity contribution is 5.81. The second-order valence-electron chi connectivity index (χ2n) is 2.06. The highest BCUT2D eigenvalue weighted by Crippen LogP contribution is 1.97. The van der Waals surface area contributed by atoms with E-state index in [1.807, 2.05) is 6.92 Å². The fourth-order valence-electron chi connectivity index (χ4n) is 0.635. The first-order chi connectivity index (χ1) is 5.24. The van der Waals surface area contributed by atoms with Crippen LogP contribution in [0, 0.1) is 0 Å². The summed E-state index contributed by atoms with van der Waals surface area (Å²) in [4.78, 5) is 10.6. The minimum Gasteiger partial charge on any atom is -0.466 e. The minimum absolute atomic E-state index is 0.00843. The molecule has 64 valence electrons. The summed E-state index contributed by atoms with van der Waals surface area (Å²) in [6.45, 7) is 1.98. The van der Waals surface area contributed by atoms with Crippen molar-refractivity contribution < 1.29 is 14.3 Å².